The Morgan fingerprint density at radius 2 is 1.79 bits per heavy atom. The van der Waals surface area contributed by atoms with Gasteiger partial charge in [-0.05, 0) is 48.6 Å². The molecule has 148 valence electrons. The fourth-order valence-corrected chi connectivity index (χ4v) is 3.55. The van der Waals surface area contributed by atoms with E-state index in [1.165, 1.54) is 43.7 Å². The minimum absolute atomic E-state index is 0.233. The van der Waals surface area contributed by atoms with Gasteiger partial charge in [-0.2, -0.15) is 0 Å². The Labute approximate surface area is 166 Å². The maximum atomic E-state index is 11.5. The quantitative estimate of drug-likeness (QED) is 0.765. The van der Waals surface area contributed by atoms with Crippen LogP contribution in [0.5, 0.6) is 0 Å². The molecule has 1 aliphatic heterocycles. The van der Waals surface area contributed by atoms with Crippen molar-refractivity contribution in [2.24, 2.45) is 5.92 Å². The molecule has 2 N–H and O–H groups in total. The number of piperazine rings is 1. The molecule has 0 atom stereocenters. The molecule has 2 aliphatic rings. The fraction of sp³-hybridized carbons (Fsp3) is 0.476. The topological polar surface area (TPSA) is 73.4 Å². The van der Waals surface area contributed by atoms with Gasteiger partial charge in [-0.25, -0.2) is 0 Å². The first-order valence-corrected chi connectivity index (χ1v) is 10.1. The lowest BCUT2D eigenvalue weighted by molar-refractivity contribution is 0.0957. The monoisotopic (exact) mass is 380 g/mol. The smallest absolute Gasteiger partial charge is 0.271 e. The molecule has 1 aromatic heterocycles. The summed E-state index contributed by atoms with van der Waals surface area (Å²) in [5.74, 6) is 1.40. The van der Waals surface area contributed by atoms with Crippen molar-refractivity contribution in [2.75, 3.05) is 50.0 Å². The van der Waals surface area contributed by atoms with Crippen molar-refractivity contribution >= 4 is 17.4 Å². The van der Waals surface area contributed by atoms with Gasteiger partial charge in [0.1, 0.15) is 5.82 Å². The Morgan fingerprint density at radius 3 is 2.39 bits per heavy atom. The lowest BCUT2D eigenvalue weighted by atomic mass is 10.1. The summed E-state index contributed by atoms with van der Waals surface area (Å²) in [6.45, 7) is 6.53. The van der Waals surface area contributed by atoms with Crippen LogP contribution in [-0.4, -0.2) is 60.8 Å². The van der Waals surface area contributed by atoms with Crippen LogP contribution in [0.15, 0.2) is 36.4 Å². The molecule has 2 heterocycles. The van der Waals surface area contributed by atoms with Gasteiger partial charge in [0.15, 0.2) is 5.69 Å². The molecule has 1 aliphatic carbocycles. The zero-order valence-electron chi connectivity index (χ0n) is 16.4. The number of nitrogens with one attached hydrogen (secondary N) is 2. The van der Waals surface area contributed by atoms with Crippen LogP contribution in [0.4, 0.5) is 11.5 Å². The molecular formula is C21H28N6O. The largest absolute Gasteiger partial charge is 0.369 e. The van der Waals surface area contributed by atoms with E-state index in [0.29, 0.717) is 18.1 Å². The summed E-state index contributed by atoms with van der Waals surface area (Å²) < 4.78 is 0. The van der Waals surface area contributed by atoms with Gasteiger partial charge >= 0.3 is 0 Å². The van der Waals surface area contributed by atoms with Gasteiger partial charge < -0.3 is 15.5 Å². The first kappa shape index (κ1) is 18.7. The Bertz CT molecular complexity index is 780. The van der Waals surface area contributed by atoms with E-state index in [9.17, 15) is 4.79 Å². The number of benzene rings is 1. The van der Waals surface area contributed by atoms with E-state index in [4.69, 9.17) is 0 Å². The molecule has 0 radical (unpaired) electrons. The zero-order valence-corrected chi connectivity index (χ0v) is 16.4. The summed E-state index contributed by atoms with van der Waals surface area (Å²) in [4.78, 5) is 16.6. The van der Waals surface area contributed by atoms with Gasteiger partial charge in [-0.1, -0.05) is 12.1 Å². The minimum Gasteiger partial charge on any atom is -0.369 e. The lowest BCUT2D eigenvalue weighted by Gasteiger charge is -2.36. The molecule has 1 saturated heterocycles. The van der Waals surface area contributed by atoms with Gasteiger partial charge in [0.2, 0.25) is 0 Å². The molecule has 2 aromatic rings. The normalized spacial score (nSPS) is 17.4. The zero-order chi connectivity index (χ0) is 19.3. The van der Waals surface area contributed by atoms with E-state index in [-0.39, 0.29) is 5.91 Å². The maximum Gasteiger partial charge on any atom is 0.271 e. The second-order valence-corrected chi connectivity index (χ2v) is 7.63. The van der Waals surface area contributed by atoms with Crippen LogP contribution in [0.3, 0.4) is 0 Å². The van der Waals surface area contributed by atoms with Crippen molar-refractivity contribution in [3.05, 3.63) is 47.7 Å². The molecule has 28 heavy (non-hydrogen) atoms. The molecule has 4 rings (SSSR count). The van der Waals surface area contributed by atoms with Gasteiger partial charge in [-0.3, -0.25) is 9.69 Å². The third kappa shape index (κ3) is 4.78. The third-order valence-electron chi connectivity index (χ3n) is 5.48. The molecule has 1 aromatic carbocycles. The number of carbonyl (C=O) groups excluding carboxylic acids is 1. The van der Waals surface area contributed by atoms with E-state index in [1.807, 2.05) is 0 Å². The standard InChI is InChI=1S/C21H28N6O/c1-22-21(28)19-8-9-20(25-24-19)23-14-16-4-6-18(7-5-16)27-12-10-26(11-13-27)15-17-2-3-17/h4-9,17H,2-3,10-15H2,1H3,(H,22,28)(H,23,25). The van der Waals surface area contributed by atoms with Crippen molar-refractivity contribution in [1.82, 2.24) is 20.4 Å². The Morgan fingerprint density at radius 1 is 1.04 bits per heavy atom. The summed E-state index contributed by atoms with van der Waals surface area (Å²) in [6, 6.07) is 12.2. The van der Waals surface area contributed by atoms with Crippen LogP contribution >= 0.6 is 0 Å². The van der Waals surface area contributed by atoms with Crippen LogP contribution in [0.25, 0.3) is 0 Å². The molecule has 1 saturated carbocycles. The fourth-order valence-electron chi connectivity index (χ4n) is 3.55. The first-order chi connectivity index (χ1) is 13.7. The summed E-state index contributed by atoms with van der Waals surface area (Å²) in [5.41, 5.74) is 2.80. The molecule has 7 nitrogen and oxygen atoms in total. The number of hydrogen-bond acceptors (Lipinski definition) is 6. The minimum atomic E-state index is -0.233. The van der Waals surface area contributed by atoms with Crippen LogP contribution in [-0.2, 0) is 6.54 Å². The molecule has 1 amide bonds. The number of aromatic nitrogens is 2. The van der Waals surface area contributed by atoms with Crippen LogP contribution < -0.4 is 15.5 Å². The number of rotatable bonds is 7. The van der Waals surface area contributed by atoms with Crippen molar-refractivity contribution in [3.8, 4) is 0 Å². The Hall–Kier alpha value is -2.67. The van der Waals surface area contributed by atoms with E-state index < -0.39 is 0 Å². The molecule has 2 fully saturated rings. The summed E-state index contributed by atoms with van der Waals surface area (Å²) >= 11 is 0. The number of carbonyl (C=O) groups is 1. The summed E-state index contributed by atoms with van der Waals surface area (Å²) in [6.07, 6.45) is 2.86. The predicted octanol–water partition coefficient (Wildman–Crippen LogP) is 1.98. The molecule has 0 spiro atoms. The Kier molecular flexibility index (Phi) is 5.71. The highest BCUT2D eigenvalue weighted by molar-refractivity contribution is 5.91. The number of hydrogen-bond donors (Lipinski definition) is 2. The summed E-state index contributed by atoms with van der Waals surface area (Å²) in [5, 5.41) is 13.8. The van der Waals surface area contributed by atoms with Crippen molar-refractivity contribution in [3.63, 3.8) is 0 Å². The van der Waals surface area contributed by atoms with Crippen molar-refractivity contribution in [1.29, 1.82) is 0 Å². The van der Waals surface area contributed by atoms with Crippen LogP contribution in [0.2, 0.25) is 0 Å². The van der Waals surface area contributed by atoms with Gasteiger partial charge in [0.25, 0.3) is 5.91 Å². The van der Waals surface area contributed by atoms with E-state index in [1.54, 1.807) is 19.2 Å². The number of amides is 1. The molecule has 0 unspecified atom stereocenters. The lowest BCUT2D eigenvalue weighted by Crippen LogP contribution is -2.47. The van der Waals surface area contributed by atoms with E-state index in [2.05, 4.69) is 54.9 Å². The predicted molar refractivity (Wildman–Crippen MR) is 111 cm³/mol. The van der Waals surface area contributed by atoms with Gasteiger partial charge in [0.05, 0.1) is 0 Å². The van der Waals surface area contributed by atoms with Crippen LogP contribution in [0.1, 0.15) is 28.9 Å². The van der Waals surface area contributed by atoms with Crippen molar-refractivity contribution < 1.29 is 4.79 Å². The SMILES string of the molecule is CNC(=O)c1ccc(NCc2ccc(N3CCN(CC4CC4)CC3)cc2)nn1. The number of anilines is 2. The third-order valence-corrected chi connectivity index (χ3v) is 5.48. The maximum absolute atomic E-state index is 11.5. The first-order valence-electron chi connectivity index (χ1n) is 10.1. The average molecular weight is 380 g/mol. The molecule has 0 bridgehead atoms. The highest BCUT2D eigenvalue weighted by Crippen LogP contribution is 2.30. The Balaban J connectivity index is 1.26. The average Bonchev–Trinajstić information content (AvgIpc) is 3.57. The second-order valence-electron chi connectivity index (χ2n) is 7.63. The van der Waals surface area contributed by atoms with E-state index >= 15 is 0 Å². The molecular weight excluding hydrogens is 352 g/mol. The van der Waals surface area contributed by atoms with Gasteiger partial charge in [0, 0.05) is 52.0 Å². The second kappa shape index (κ2) is 8.56. The highest BCUT2D eigenvalue weighted by atomic mass is 16.1. The number of nitrogens with zero attached hydrogens (tertiary/aromatic N) is 4. The van der Waals surface area contributed by atoms with Crippen molar-refractivity contribution in [2.45, 2.75) is 19.4 Å². The van der Waals surface area contributed by atoms with E-state index in [0.717, 1.165) is 19.0 Å². The summed E-state index contributed by atoms with van der Waals surface area (Å²) in [7, 11) is 1.58. The molecule has 7 heteroatoms. The van der Waals surface area contributed by atoms with Crippen LogP contribution in [0, 0.1) is 5.92 Å². The van der Waals surface area contributed by atoms with Gasteiger partial charge in [-0.15, -0.1) is 10.2 Å². The highest BCUT2D eigenvalue weighted by Gasteiger charge is 2.26.